The van der Waals surface area contributed by atoms with Gasteiger partial charge in [-0.05, 0) is 37.0 Å². The molecule has 1 aliphatic heterocycles. The molecule has 0 saturated carbocycles. The first-order valence-electron chi connectivity index (χ1n) is 7.56. The highest BCUT2D eigenvalue weighted by Gasteiger charge is 2.50. The van der Waals surface area contributed by atoms with Gasteiger partial charge in [0.1, 0.15) is 5.75 Å². The molecule has 1 N–H and O–H groups in total. The average molecular weight is 316 g/mol. The summed E-state index contributed by atoms with van der Waals surface area (Å²) in [5.74, 6) is 0.794. The smallest absolute Gasteiger partial charge is 0.308 e. The van der Waals surface area contributed by atoms with Crippen LogP contribution in [0.4, 0.5) is 0 Å². The molecule has 0 saturated heterocycles. The summed E-state index contributed by atoms with van der Waals surface area (Å²) in [5.41, 5.74) is 1.81. The van der Waals surface area contributed by atoms with Crippen molar-refractivity contribution in [3.8, 4) is 16.9 Å². The van der Waals surface area contributed by atoms with E-state index in [1.54, 1.807) is 13.0 Å². The van der Waals surface area contributed by atoms with E-state index in [1.807, 2.05) is 56.3 Å². The third-order valence-electron chi connectivity index (χ3n) is 4.05. The van der Waals surface area contributed by atoms with E-state index in [9.17, 15) is 9.67 Å². The Balaban J connectivity index is 2.22. The van der Waals surface area contributed by atoms with E-state index in [2.05, 4.69) is 0 Å². The number of rotatable bonds is 3. The Morgan fingerprint density at radius 1 is 1.09 bits per heavy atom. The quantitative estimate of drug-likeness (QED) is 0.854. The molecule has 3 rings (SSSR count). The first-order valence-corrected chi connectivity index (χ1v) is 9.19. The molecule has 0 spiro atoms. The molecule has 0 bridgehead atoms. The maximum Gasteiger partial charge on any atom is 0.308 e. The van der Waals surface area contributed by atoms with Crippen molar-refractivity contribution < 1.29 is 14.2 Å². The minimum absolute atomic E-state index is 0.216. The molecule has 2 unspecified atom stereocenters. The van der Waals surface area contributed by atoms with Gasteiger partial charge in [-0.3, -0.25) is 4.57 Å². The van der Waals surface area contributed by atoms with E-state index in [0.717, 1.165) is 11.1 Å². The first kappa shape index (κ1) is 15.3. The lowest BCUT2D eigenvalue weighted by Crippen LogP contribution is -2.36. The Morgan fingerprint density at radius 2 is 1.68 bits per heavy atom. The molecule has 0 aliphatic carbocycles. The highest BCUT2D eigenvalue weighted by atomic mass is 31.2. The molecule has 3 nitrogen and oxygen atoms in total. The number of hydrogen-bond donors (Lipinski definition) is 1. The van der Waals surface area contributed by atoms with Gasteiger partial charge in [-0.1, -0.05) is 50.2 Å². The summed E-state index contributed by atoms with van der Waals surface area (Å²) in [6, 6.07) is 15.1. The first-order chi connectivity index (χ1) is 10.3. The van der Waals surface area contributed by atoms with Crippen molar-refractivity contribution in [2.75, 3.05) is 0 Å². The molecule has 1 heterocycles. The number of aliphatic hydroxyl groups is 1. The lowest BCUT2D eigenvalue weighted by Gasteiger charge is -2.38. The van der Waals surface area contributed by atoms with Gasteiger partial charge in [-0.2, -0.15) is 0 Å². The van der Waals surface area contributed by atoms with Gasteiger partial charge in [-0.25, -0.2) is 0 Å². The van der Waals surface area contributed by atoms with Crippen LogP contribution in [0.1, 0.15) is 27.2 Å². The van der Waals surface area contributed by atoms with Crippen molar-refractivity contribution in [3.63, 3.8) is 0 Å². The molecule has 22 heavy (non-hydrogen) atoms. The molecule has 0 aromatic heterocycles. The zero-order chi connectivity index (χ0) is 16.0. The monoisotopic (exact) mass is 316 g/mol. The molecular formula is C18H21O3P. The largest absolute Gasteiger partial charge is 0.437 e. The average Bonchev–Trinajstić information content (AvgIpc) is 2.46. The number of para-hydroxylation sites is 1. The third-order valence-corrected chi connectivity index (χ3v) is 6.98. The third kappa shape index (κ3) is 2.29. The molecule has 4 heteroatoms. The minimum Gasteiger partial charge on any atom is -0.437 e. The zero-order valence-corrected chi connectivity index (χ0v) is 14.0. The molecule has 116 valence electrons. The highest BCUT2D eigenvalue weighted by molar-refractivity contribution is 7.69. The van der Waals surface area contributed by atoms with Gasteiger partial charge in [0.15, 0.2) is 5.34 Å². The van der Waals surface area contributed by atoms with Crippen molar-refractivity contribution in [3.05, 3.63) is 48.5 Å². The molecule has 2 aromatic rings. The zero-order valence-electron chi connectivity index (χ0n) is 13.1. The second kappa shape index (κ2) is 5.26. The van der Waals surface area contributed by atoms with Crippen LogP contribution in [0.5, 0.6) is 5.75 Å². The maximum absolute atomic E-state index is 13.7. The topological polar surface area (TPSA) is 46.5 Å². The van der Waals surface area contributed by atoms with Gasteiger partial charge in [-0.15, -0.1) is 0 Å². The van der Waals surface area contributed by atoms with Crippen LogP contribution in [0.25, 0.3) is 11.1 Å². The predicted octanol–water partition coefficient (Wildman–Crippen LogP) is 4.40. The number of hydrogen-bond acceptors (Lipinski definition) is 3. The standard InChI is InChI=1S/C18H21O3P/c1-13(2)12-18(3,19)22(20)17-11-7-5-9-15(17)14-8-4-6-10-16(14)21-22/h4-11,13,19H,12H2,1-3H3. The van der Waals surface area contributed by atoms with Crippen LogP contribution >= 0.6 is 7.37 Å². The molecule has 2 atom stereocenters. The van der Waals surface area contributed by atoms with Crippen molar-refractivity contribution in [1.29, 1.82) is 0 Å². The lowest BCUT2D eigenvalue weighted by molar-refractivity contribution is 0.109. The summed E-state index contributed by atoms with van der Waals surface area (Å²) in [6.45, 7) is 5.63. The van der Waals surface area contributed by atoms with Crippen molar-refractivity contribution in [1.82, 2.24) is 0 Å². The summed E-state index contributed by atoms with van der Waals surface area (Å²) in [4.78, 5) is 0. The Kier molecular flexibility index (Phi) is 3.66. The highest BCUT2D eigenvalue weighted by Crippen LogP contribution is 2.63. The van der Waals surface area contributed by atoms with Crippen LogP contribution < -0.4 is 9.83 Å². The van der Waals surface area contributed by atoms with Crippen LogP contribution in [0, 0.1) is 5.92 Å². The Morgan fingerprint density at radius 3 is 2.36 bits per heavy atom. The second-order valence-electron chi connectivity index (χ2n) is 6.47. The van der Waals surface area contributed by atoms with Gasteiger partial charge in [0.25, 0.3) is 0 Å². The van der Waals surface area contributed by atoms with Crippen molar-refractivity contribution >= 4 is 12.7 Å². The Hall–Kier alpha value is -1.57. The van der Waals surface area contributed by atoms with Gasteiger partial charge in [0, 0.05) is 5.56 Å². The summed E-state index contributed by atoms with van der Waals surface area (Å²) < 4.78 is 19.6. The summed E-state index contributed by atoms with van der Waals surface area (Å²) in [7, 11) is -3.44. The van der Waals surface area contributed by atoms with Crippen LogP contribution in [0.3, 0.4) is 0 Å². The molecule has 0 amide bonds. The normalized spacial score (nSPS) is 22.4. The lowest BCUT2D eigenvalue weighted by atomic mass is 10.0. The minimum atomic E-state index is -3.44. The molecule has 2 aromatic carbocycles. The van der Waals surface area contributed by atoms with Gasteiger partial charge in [0.2, 0.25) is 0 Å². The molecule has 0 fully saturated rings. The fourth-order valence-corrected chi connectivity index (χ4v) is 5.82. The van der Waals surface area contributed by atoms with Crippen LogP contribution in [-0.4, -0.2) is 10.4 Å². The van der Waals surface area contributed by atoms with Gasteiger partial charge in [0.05, 0.1) is 5.30 Å². The number of benzene rings is 2. The Bertz CT molecular complexity index is 750. The predicted molar refractivity (Wildman–Crippen MR) is 89.8 cm³/mol. The number of fused-ring (bicyclic) bond motifs is 3. The van der Waals surface area contributed by atoms with E-state index in [4.69, 9.17) is 4.52 Å². The van der Waals surface area contributed by atoms with E-state index in [1.165, 1.54) is 0 Å². The SMILES string of the molecule is CC(C)CC(C)(O)P1(=O)Oc2ccccc2-c2ccccc21. The second-order valence-corrected chi connectivity index (χ2v) is 9.20. The summed E-state index contributed by atoms with van der Waals surface area (Å²) >= 11 is 0. The van der Waals surface area contributed by atoms with Crippen LogP contribution in [0.2, 0.25) is 0 Å². The summed E-state index contributed by atoms with van der Waals surface area (Å²) in [5, 5.41) is 10.2. The molecular weight excluding hydrogens is 295 g/mol. The summed E-state index contributed by atoms with van der Waals surface area (Å²) in [6.07, 6.45) is 0.417. The molecule has 1 aliphatic rings. The van der Waals surface area contributed by atoms with E-state index in [-0.39, 0.29) is 5.92 Å². The van der Waals surface area contributed by atoms with E-state index in [0.29, 0.717) is 17.5 Å². The fourth-order valence-electron chi connectivity index (χ4n) is 3.17. The van der Waals surface area contributed by atoms with Crippen molar-refractivity contribution in [2.24, 2.45) is 5.92 Å². The van der Waals surface area contributed by atoms with Gasteiger partial charge >= 0.3 is 7.37 Å². The Labute approximate surface area is 131 Å². The molecule has 0 radical (unpaired) electrons. The van der Waals surface area contributed by atoms with E-state index < -0.39 is 12.7 Å². The van der Waals surface area contributed by atoms with E-state index >= 15 is 0 Å². The van der Waals surface area contributed by atoms with Crippen LogP contribution in [-0.2, 0) is 4.57 Å². The van der Waals surface area contributed by atoms with Crippen molar-refractivity contribution in [2.45, 2.75) is 32.5 Å². The maximum atomic E-state index is 13.7. The fraction of sp³-hybridized carbons (Fsp3) is 0.333. The van der Waals surface area contributed by atoms with Gasteiger partial charge < -0.3 is 9.63 Å². The van der Waals surface area contributed by atoms with Crippen LogP contribution in [0.15, 0.2) is 48.5 Å².